The topological polar surface area (TPSA) is 74.2 Å². The van der Waals surface area contributed by atoms with Crippen molar-refractivity contribution in [3.8, 4) is 11.8 Å². The highest BCUT2D eigenvalue weighted by molar-refractivity contribution is 5.97. The van der Waals surface area contributed by atoms with Crippen molar-refractivity contribution < 1.29 is 9.53 Å². The lowest BCUT2D eigenvalue weighted by Gasteiger charge is -2.14. The Hall–Kier alpha value is -2.48. The summed E-state index contributed by atoms with van der Waals surface area (Å²) in [6, 6.07) is 9.11. The first-order valence-corrected chi connectivity index (χ1v) is 6.40. The monoisotopic (exact) mass is 273 g/mol. The van der Waals surface area contributed by atoms with Gasteiger partial charge in [0.25, 0.3) is 5.91 Å². The molecule has 1 rings (SSSR count). The molecule has 0 aliphatic rings. The number of ether oxygens (including phenoxy) is 1. The molecule has 1 atom stereocenters. The fraction of sp³-hybridized carbons (Fsp3) is 0.333. The molecule has 1 unspecified atom stereocenters. The molecule has 1 amide bonds. The molecule has 106 valence electrons. The van der Waals surface area contributed by atoms with Crippen LogP contribution in [0.15, 0.2) is 36.0 Å². The number of nitrogens with one attached hydrogen (secondary N) is 2. The molecule has 0 fully saturated rings. The standard InChI is InChI=1S/C15H19N3O2/c1-4-17-10-13(9-16)15(19)18-11(2)12-5-7-14(20-3)8-6-12/h5-8,10-11,17H,4H2,1-3H3,(H,18,19)/b13-10-. The highest BCUT2D eigenvalue weighted by Gasteiger charge is 2.13. The Balaban J connectivity index is 2.71. The zero-order valence-electron chi connectivity index (χ0n) is 11.9. The minimum Gasteiger partial charge on any atom is -0.497 e. The van der Waals surface area contributed by atoms with Crippen LogP contribution in [0.4, 0.5) is 0 Å². The Morgan fingerprint density at radius 2 is 2.10 bits per heavy atom. The van der Waals surface area contributed by atoms with Crippen LogP contribution in [0, 0.1) is 11.3 Å². The van der Waals surface area contributed by atoms with Gasteiger partial charge < -0.3 is 15.4 Å². The first-order chi connectivity index (χ1) is 9.62. The van der Waals surface area contributed by atoms with Crippen LogP contribution in [-0.2, 0) is 4.79 Å². The molecule has 0 aromatic heterocycles. The van der Waals surface area contributed by atoms with Crippen LogP contribution in [0.2, 0.25) is 0 Å². The fourth-order valence-electron chi connectivity index (χ4n) is 1.60. The van der Waals surface area contributed by atoms with E-state index in [1.165, 1.54) is 6.20 Å². The molecule has 0 aliphatic carbocycles. The number of nitrogens with zero attached hydrogens (tertiary/aromatic N) is 1. The molecule has 0 saturated carbocycles. The molecule has 2 N–H and O–H groups in total. The van der Waals surface area contributed by atoms with Crippen molar-refractivity contribution in [2.24, 2.45) is 0 Å². The summed E-state index contributed by atoms with van der Waals surface area (Å²) in [5, 5.41) is 14.6. The SMILES string of the molecule is CCN/C=C(/C#N)C(=O)NC(C)c1ccc(OC)cc1. The molecule has 0 heterocycles. The van der Waals surface area contributed by atoms with E-state index in [2.05, 4.69) is 10.6 Å². The zero-order valence-corrected chi connectivity index (χ0v) is 11.9. The van der Waals surface area contributed by atoms with Crippen LogP contribution in [0.25, 0.3) is 0 Å². The zero-order chi connectivity index (χ0) is 15.0. The number of methoxy groups -OCH3 is 1. The van der Waals surface area contributed by atoms with Crippen molar-refractivity contribution in [3.05, 3.63) is 41.6 Å². The summed E-state index contributed by atoms with van der Waals surface area (Å²) < 4.78 is 5.08. The maximum absolute atomic E-state index is 11.9. The highest BCUT2D eigenvalue weighted by Crippen LogP contribution is 2.17. The summed E-state index contributed by atoms with van der Waals surface area (Å²) in [6.07, 6.45) is 1.43. The van der Waals surface area contributed by atoms with Crippen LogP contribution in [-0.4, -0.2) is 19.6 Å². The van der Waals surface area contributed by atoms with E-state index >= 15 is 0 Å². The number of hydrogen-bond acceptors (Lipinski definition) is 4. The summed E-state index contributed by atoms with van der Waals surface area (Å²) in [4.78, 5) is 11.9. The summed E-state index contributed by atoms with van der Waals surface area (Å²) in [5.41, 5.74) is 1.01. The Morgan fingerprint density at radius 3 is 2.60 bits per heavy atom. The molecule has 0 radical (unpaired) electrons. The predicted octanol–water partition coefficient (Wildman–Crippen LogP) is 1.89. The van der Waals surface area contributed by atoms with Gasteiger partial charge in [-0.1, -0.05) is 12.1 Å². The van der Waals surface area contributed by atoms with Crippen molar-refractivity contribution in [2.75, 3.05) is 13.7 Å². The quantitative estimate of drug-likeness (QED) is 0.613. The van der Waals surface area contributed by atoms with E-state index in [4.69, 9.17) is 10.00 Å². The minimum atomic E-state index is -0.392. The first kappa shape index (κ1) is 15.6. The Bertz CT molecular complexity index is 515. The van der Waals surface area contributed by atoms with E-state index in [0.717, 1.165) is 11.3 Å². The third-order valence-corrected chi connectivity index (χ3v) is 2.78. The number of rotatable bonds is 6. The van der Waals surface area contributed by atoms with Crippen LogP contribution < -0.4 is 15.4 Å². The van der Waals surface area contributed by atoms with Gasteiger partial charge in [-0.15, -0.1) is 0 Å². The van der Waals surface area contributed by atoms with Crippen molar-refractivity contribution in [1.82, 2.24) is 10.6 Å². The minimum absolute atomic E-state index is 0.0622. The van der Waals surface area contributed by atoms with E-state index in [-0.39, 0.29) is 11.6 Å². The molecular weight excluding hydrogens is 254 g/mol. The van der Waals surface area contributed by atoms with Crippen LogP contribution >= 0.6 is 0 Å². The Kier molecular flexibility index (Phi) is 6.11. The summed E-state index contributed by atoms with van der Waals surface area (Å²) in [6.45, 7) is 4.41. The molecule has 5 nitrogen and oxygen atoms in total. The van der Waals surface area contributed by atoms with Gasteiger partial charge in [-0.25, -0.2) is 0 Å². The first-order valence-electron chi connectivity index (χ1n) is 6.40. The second kappa shape index (κ2) is 7.85. The number of benzene rings is 1. The average molecular weight is 273 g/mol. The molecule has 0 bridgehead atoms. The van der Waals surface area contributed by atoms with Gasteiger partial charge in [0.15, 0.2) is 0 Å². The lowest BCUT2D eigenvalue weighted by molar-refractivity contribution is -0.117. The molecular formula is C15H19N3O2. The predicted molar refractivity (Wildman–Crippen MR) is 76.9 cm³/mol. The number of amides is 1. The molecule has 5 heteroatoms. The van der Waals surface area contributed by atoms with Gasteiger partial charge in [0.2, 0.25) is 0 Å². The molecule has 0 spiro atoms. The molecule has 0 saturated heterocycles. The van der Waals surface area contributed by atoms with Gasteiger partial charge in [0.1, 0.15) is 17.4 Å². The van der Waals surface area contributed by atoms with Crippen LogP contribution in [0.5, 0.6) is 5.75 Å². The largest absolute Gasteiger partial charge is 0.497 e. The number of carbonyl (C=O) groups is 1. The fourth-order valence-corrected chi connectivity index (χ4v) is 1.60. The summed E-state index contributed by atoms with van der Waals surface area (Å²) >= 11 is 0. The van der Waals surface area contributed by atoms with Crippen molar-refractivity contribution in [1.29, 1.82) is 5.26 Å². The van der Waals surface area contributed by atoms with Gasteiger partial charge >= 0.3 is 0 Å². The lowest BCUT2D eigenvalue weighted by Crippen LogP contribution is -2.28. The Morgan fingerprint density at radius 1 is 1.45 bits per heavy atom. The molecule has 0 aliphatic heterocycles. The van der Waals surface area contributed by atoms with E-state index in [1.807, 2.05) is 44.2 Å². The van der Waals surface area contributed by atoms with Gasteiger partial charge in [-0.2, -0.15) is 5.26 Å². The molecule has 1 aromatic carbocycles. The van der Waals surface area contributed by atoms with Crippen LogP contribution in [0.1, 0.15) is 25.5 Å². The Labute approximate surface area is 119 Å². The van der Waals surface area contributed by atoms with Crippen molar-refractivity contribution >= 4 is 5.91 Å². The van der Waals surface area contributed by atoms with E-state index in [0.29, 0.717) is 6.54 Å². The van der Waals surface area contributed by atoms with E-state index in [9.17, 15) is 4.79 Å². The number of nitriles is 1. The maximum atomic E-state index is 11.9. The van der Waals surface area contributed by atoms with E-state index < -0.39 is 5.91 Å². The maximum Gasteiger partial charge on any atom is 0.263 e. The third kappa shape index (κ3) is 4.32. The highest BCUT2D eigenvalue weighted by atomic mass is 16.5. The second-order valence-corrected chi connectivity index (χ2v) is 4.20. The number of carbonyl (C=O) groups excluding carboxylic acids is 1. The summed E-state index contributed by atoms with van der Waals surface area (Å²) in [5.74, 6) is 0.369. The third-order valence-electron chi connectivity index (χ3n) is 2.78. The van der Waals surface area contributed by atoms with Gasteiger partial charge in [-0.3, -0.25) is 4.79 Å². The molecule has 20 heavy (non-hydrogen) atoms. The van der Waals surface area contributed by atoms with Gasteiger partial charge in [-0.05, 0) is 31.5 Å². The summed E-state index contributed by atoms with van der Waals surface area (Å²) in [7, 11) is 1.60. The smallest absolute Gasteiger partial charge is 0.263 e. The van der Waals surface area contributed by atoms with Crippen molar-refractivity contribution in [2.45, 2.75) is 19.9 Å². The van der Waals surface area contributed by atoms with Crippen LogP contribution in [0.3, 0.4) is 0 Å². The van der Waals surface area contributed by atoms with E-state index in [1.54, 1.807) is 7.11 Å². The molecule has 1 aromatic rings. The average Bonchev–Trinajstić information content (AvgIpc) is 2.48. The number of hydrogen-bond donors (Lipinski definition) is 2. The van der Waals surface area contributed by atoms with Gasteiger partial charge in [0.05, 0.1) is 13.2 Å². The second-order valence-electron chi connectivity index (χ2n) is 4.20. The van der Waals surface area contributed by atoms with Crippen molar-refractivity contribution in [3.63, 3.8) is 0 Å². The van der Waals surface area contributed by atoms with Gasteiger partial charge in [0, 0.05) is 12.7 Å². The lowest BCUT2D eigenvalue weighted by atomic mass is 10.1. The normalized spacial score (nSPS) is 12.2.